The summed E-state index contributed by atoms with van der Waals surface area (Å²) in [4.78, 5) is 12.1. The van der Waals surface area contributed by atoms with Crippen molar-refractivity contribution in [1.82, 2.24) is 14.8 Å². The zero-order valence-corrected chi connectivity index (χ0v) is 17.0. The van der Waals surface area contributed by atoms with E-state index in [9.17, 15) is 18.7 Å². The van der Waals surface area contributed by atoms with Gasteiger partial charge in [-0.25, -0.2) is 8.78 Å². The first kappa shape index (κ1) is 20.3. The molecule has 0 unspecified atom stereocenters. The lowest BCUT2D eigenvalue weighted by molar-refractivity contribution is -0.113. The fraction of sp³-hybridized carbons (Fsp3) is 0.167. The normalized spacial score (nSPS) is 10.9. The van der Waals surface area contributed by atoms with Gasteiger partial charge >= 0.3 is 0 Å². The van der Waals surface area contributed by atoms with Gasteiger partial charge in [-0.05, 0) is 37.3 Å². The van der Waals surface area contributed by atoms with E-state index in [0.717, 1.165) is 28.4 Å². The minimum absolute atomic E-state index is 0.0422. The van der Waals surface area contributed by atoms with Gasteiger partial charge in [-0.2, -0.15) is 0 Å². The molecule has 0 atom stereocenters. The molecule has 1 aromatic heterocycles. The molecule has 3 rings (SSSR count). The van der Waals surface area contributed by atoms with E-state index in [1.54, 1.807) is 22.8 Å². The van der Waals surface area contributed by atoms with Crippen molar-refractivity contribution in [3.8, 4) is 17.1 Å². The maximum atomic E-state index is 13.6. The van der Waals surface area contributed by atoms with Crippen molar-refractivity contribution >= 4 is 39.3 Å². The van der Waals surface area contributed by atoms with Crippen LogP contribution in [0.2, 0.25) is 0 Å². The van der Waals surface area contributed by atoms with E-state index in [4.69, 9.17) is 0 Å². The fourth-order valence-electron chi connectivity index (χ4n) is 2.47. The summed E-state index contributed by atoms with van der Waals surface area (Å²) in [5.41, 5.74) is 0.414. The molecule has 3 aromatic rings. The smallest absolute Gasteiger partial charge is 0.234 e. The molecular formula is C18H15BrF2N4O2S. The Morgan fingerprint density at radius 2 is 2.04 bits per heavy atom. The predicted molar refractivity (Wildman–Crippen MR) is 106 cm³/mol. The summed E-state index contributed by atoms with van der Waals surface area (Å²) in [6, 6.07) is 7.91. The SMILES string of the molecule is CCn1c(SCC(=O)Nc2ccc(F)cc2F)nnc1-c1cc(Br)ccc1O. The van der Waals surface area contributed by atoms with Gasteiger partial charge in [0, 0.05) is 17.1 Å². The van der Waals surface area contributed by atoms with E-state index in [2.05, 4.69) is 31.4 Å². The molecule has 0 aliphatic heterocycles. The summed E-state index contributed by atoms with van der Waals surface area (Å²) in [5, 5.41) is 21.2. The molecule has 28 heavy (non-hydrogen) atoms. The Morgan fingerprint density at radius 1 is 1.25 bits per heavy atom. The number of hydrogen-bond donors (Lipinski definition) is 2. The zero-order valence-electron chi connectivity index (χ0n) is 14.6. The number of rotatable bonds is 6. The molecule has 1 amide bonds. The second kappa shape index (κ2) is 8.70. The van der Waals surface area contributed by atoms with Gasteiger partial charge in [0.1, 0.15) is 17.4 Å². The summed E-state index contributed by atoms with van der Waals surface area (Å²) < 4.78 is 29.1. The molecular weight excluding hydrogens is 454 g/mol. The lowest BCUT2D eigenvalue weighted by Crippen LogP contribution is -2.15. The summed E-state index contributed by atoms with van der Waals surface area (Å²) >= 11 is 4.48. The third kappa shape index (κ3) is 4.50. The van der Waals surface area contributed by atoms with Crippen molar-refractivity contribution in [2.45, 2.75) is 18.6 Å². The van der Waals surface area contributed by atoms with Crippen molar-refractivity contribution in [1.29, 1.82) is 0 Å². The lowest BCUT2D eigenvalue weighted by Gasteiger charge is -2.09. The monoisotopic (exact) mass is 468 g/mol. The Morgan fingerprint density at radius 3 is 2.75 bits per heavy atom. The van der Waals surface area contributed by atoms with Crippen LogP contribution in [0, 0.1) is 11.6 Å². The molecule has 2 N–H and O–H groups in total. The summed E-state index contributed by atoms with van der Waals surface area (Å²) in [7, 11) is 0. The standard InChI is InChI=1S/C18H15BrF2N4O2S/c1-2-25-17(12-7-10(19)3-6-15(12)26)23-24-18(25)28-9-16(27)22-14-5-4-11(20)8-13(14)21/h3-8,26H,2,9H2,1H3,(H,22,27). The van der Waals surface area contributed by atoms with Crippen molar-refractivity contribution in [3.05, 3.63) is 52.5 Å². The van der Waals surface area contributed by atoms with E-state index < -0.39 is 17.5 Å². The molecule has 0 radical (unpaired) electrons. The third-order valence-corrected chi connectivity index (χ3v) is 5.23. The zero-order chi connectivity index (χ0) is 20.3. The van der Waals surface area contributed by atoms with Crippen molar-refractivity contribution < 1.29 is 18.7 Å². The van der Waals surface area contributed by atoms with Crippen molar-refractivity contribution in [2.75, 3.05) is 11.1 Å². The number of carbonyl (C=O) groups excluding carboxylic acids is 1. The number of nitrogens with zero attached hydrogens (tertiary/aromatic N) is 3. The van der Waals surface area contributed by atoms with E-state index in [1.165, 1.54) is 0 Å². The number of anilines is 1. The second-order valence-corrected chi connectivity index (χ2v) is 7.53. The molecule has 2 aromatic carbocycles. The largest absolute Gasteiger partial charge is 0.507 e. The first-order chi connectivity index (χ1) is 13.4. The van der Waals surface area contributed by atoms with Gasteiger partial charge in [0.15, 0.2) is 11.0 Å². The highest BCUT2D eigenvalue weighted by molar-refractivity contribution is 9.10. The van der Waals surface area contributed by atoms with Crippen LogP contribution in [0.4, 0.5) is 14.5 Å². The molecule has 1 heterocycles. The van der Waals surface area contributed by atoms with Crippen LogP contribution in [0.5, 0.6) is 5.75 Å². The van der Waals surface area contributed by atoms with Gasteiger partial charge in [0.25, 0.3) is 0 Å². The van der Waals surface area contributed by atoms with Gasteiger partial charge in [0.2, 0.25) is 5.91 Å². The summed E-state index contributed by atoms with van der Waals surface area (Å²) in [6.45, 7) is 2.41. The number of thioether (sulfide) groups is 1. The highest BCUT2D eigenvalue weighted by atomic mass is 79.9. The number of benzene rings is 2. The Labute approximate surface area is 172 Å². The average molecular weight is 469 g/mol. The molecule has 0 aliphatic rings. The first-order valence-corrected chi connectivity index (χ1v) is 9.96. The molecule has 0 saturated carbocycles. The molecule has 0 aliphatic carbocycles. The molecule has 0 bridgehead atoms. The van der Waals surface area contributed by atoms with Crippen LogP contribution in [0.25, 0.3) is 11.4 Å². The maximum Gasteiger partial charge on any atom is 0.234 e. The molecule has 146 valence electrons. The minimum Gasteiger partial charge on any atom is -0.507 e. The number of nitrogens with one attached hydrogen (secondary N) is 1. The van der Waals surface area contributed by atoms with Crippen LogP contribution >= 0.6 is 27.7 Å². The van der Waals surface area contributed by atoms with Crippen LogP contribution in [-0.4, -0.2) is 31.5 Å². The van der Waals surface area contributed by atoms with Gasteiger partial charge in [-0.1, -0.05) is 27.7 Å². The van der Waals surface area contributed by atoms with E-state index in [0.29, 0.717) is 29.2 Å². The fourth-order valence-corrected chi connectivity index (χ4v) is 3.64. The number of hydrogen-bond acceptors (Lipinski definition) is 5. The molecule has 6 nitrogen and oxygen atoms in total. The summed E-state index contributed by atoms with van der Waals surface area (Å²) in [6.07, 6.45) is 0. The number of amides is 1. The van der Waals surface area contributed by atoms with Crippen LogP contribution in [-0.2, 0) is 11.3 Å². The van der Waals surface area contributed by atoms with Gasteiger partial charge in [-0.3, -0.25) is 4.79 Å². The Bertz CT molecular complexity index is 1030. The Kier molecular flexibility index (Phi) is 6.30. The Hall–Kier alpha value is -2.46. The minimum atomic E-state index is -0.845. The van der Waals surface area contributed by atoms with Crippen LogP contribution in [0.15, 0.2) is 46.0 Å². The van der Waals surface area contributed by atoms with Crippen molar-refractivity contribution in [2.24, 2.45) is 0 Å². The van der Waals surface area contributed by atoms with Crippen molar-refractivity contribution in [3.63, 3.8) is 0 Å². The molecule has 0 spiro atoms. The van der Waals surface area contributed by atoms with E-state index in [-0.39, 0.29) is 17.2 Å². The lowest BCUT2D eigenvalue weighted by atomic mass is 10.2. The number of phenolic OH excluding ortho intramolecular Hbond substituents is 1. The number of halogens is 3. The number of carbonyl (C=O) groups is 1. The number of aromatic hydroxyl groups is 1. The van der Waals surface area contributed by atoms with Crippen LogP contribution in [0.1, 0.15) is 6.92 Å². The predicted octanol–water partition coefficient (Wildman–Crippen LogP) is 4.44. The van der Waals surface area contributed by atoms with Gasteiger partial charge in [-0.15, -0.1) is 10.2 Å². The van der Waals surface area contributed by atoms with Crippen LogP contribution < -0.4 is 5.32 Å². The quantitative estimate of drug-likeness (QED) is 0.522. The van der Waals surface area contributed by atoms with E-state index in [1.807, 2.05) is 6.92 Å². The average Bonchev–Trinajstić information content (AvgIpc) is 3.07. The maximum absolute atomic E-state index is 13.6. The highest BCUT2D eigenvalue weighted by Crippen LogP contribution is 2.32. The third-order valence-electron chi connectivity index (χ3n) is 3.77. The van der Waals surface area contributed by atoms with Gasteiger partial charge in [0.05, 0.1) is 17.0 Å². The van der Waals surface area contributed by atoms with E-state index >= 15 is 0 Å². The number of aromatic nitrogens is 3. The topological polar surface area (TPSA) is 80.0 Å². The molecule has 0 fully saturated rings. The van der Waals surface area contributed by atoms with Gasteiger partial charge < -0.3 is 15.0 Å². The highest BCUT2D eigenvalue weighted by Gasteiger charge is 2.18. The Balaban J connectivity index is 1.73. The second-order valence-electron chi connectivity index (χ2n) is 5.67. The van der Waals surface area contributed by atoms with Crippen LogP contribution in [0.3, 0.4) is 0 Å². The summed E-state index contributed by atoms with van der Waals surface area (Å²) in [5.74, 6) is -1.54. The molecule has 10 heteroatoms. The number of phenols is 1. The first-order valence-electron chi connectivity index (χ1n) is 8.18. The molecule has 0 saturated heterocycles.